The highest BCUT2D eigenvalue weighted by Crippen LogP contribution is 2.43. The second kappa shape index (κ2) is 13.1. The van der Waals surface area contributed by atoms with Gasteiger partial charge in [0.25, 0.3) is 0 Å². The summed E-state index contributed by atoms with van der Waals surface area (Å²) < 4.78 is 34.9. The van der Waals surface area contributed by atoms with Gasteiger partial charge in [-0.25, -0.2) is 8.42 Å². The van der Waals surface area contributed by atoms with Crippen LogP contribution in [0.1, 0.15) is 49.7 Å². The predicted molar refractivity (Wildman–Crippen MR) is 175 cm³/mol. The number of sulfonamides is 1. The van der Waals surface area contributed by atoms with E-state index < -0.39 is 15.4 Å². The van der Waals surface area contributed by atoms with E-state index in [9.17, 15) is 13.2 Å². The highest BCUT2D eigenvalue weighted by molar-refractivity contribution is 7.89. The Morgan fingerprint density at radius 1 is 0.886 bits per heavy atom. The van der Waals surface area contributed by atoms with Gasteiger partial charge in [0, 0.05) is 44.3 Å². The van der Waals surface area contributed by atoms with Gasteiger partial charge in [-0.2, -0.15) is 4.31 Å². The fourth-order valence-electron chi connectivity index (χ4n) is 7.35. The molecule has 44 heavy (non-hydrogen) atoms. The lowest BCUT2D eigenvalue weighted by Crippen LogP contribution is -2.54. The average molecular weight is 636 g/mol. The summed E-state index contributed by atoms with van der Waals surface area (Å²) in [5, 5.41) is 0.675. The molecule has 3 aromatic carbocycles. The molecule has 0 atom stereocenters. The minimum Gasteiger partial charge on any atom is -0.495 e. The van der Waals surface area contributed by atoms with Crippen LogP contribution in [0.25, 0.3) is 0 Å². The maximum absolute atomic E-state index is 14.0. The van der Waals surface area contributed by atoms with Gasteiger partial charge in [-0.1, -0.05) is 66.9 Å². The molecule has 0 aromatic heterocycles. The molecule has 7 nitrogen and oxygen atoms in total. The number of ether oxygens (including phenoxy) is 1. The Hall–Kier alpha value is -3.07. The van der Waals surface area contributed by atoms with Crippen LogP contribution in [0.3, 0.4) is 0 Å². The van der Waals surface area contributed by atoms with E-state index in [4.69, 9.17) is 16.3 Å². The molecule has 3 fully saturated rings. The Bertz CT molecular complexity index is 1540. The third-order valence-corrected chi connectivity index (χ3v) is 12.0. The number of anilines is 1. The van der Waals surface area contributed by atoms with E-state index in [1.165, 1.54) is 5.56 Å². The summed E-state index contributed by atoms with van der Waals surface area (Å²) in [5.41, 5.74) is 2.62. The molecule has 2 saturated heterocycles. The van der Waals surface area contributed by atoms with Crippen molar-refractivity contribution in [2.24, 2.45) is 5.92 Å². The number of amides is 1. The van der Waals surface area contributed by atoms with E-state index in [0.717, 1.165) is 56.2 Å². The monoisotopic (exact) mass is 635 g/mol. The van der Waals surface area contributed by atoms with Gasteiger partial charge in [-0.15, -0.1) is 0 Å². The first-order chi connectivity index (χ1) is 21.3. The fourth-order valence-corrected chi connectivity index (χ4v) is 8.97. The van der Waals surface area contributed by atoms with Crippen molar-refractivity contribution < 1.29 is 17.9 Å². The summed E-state index contributed by atoms with van der Waals surface area (Å²) >= 11 is 6.16. The number of piperidine rings is 1. The fraction of sp³-hybridized carbons (Fsp3) is 0.457. The number of nitrogens with zero attached hydrogens (tertiary/aromatic N) is 3. The summed E-state index contributed by atoms with van der Waals surface area (Å²) in [6.07, 6.45) is 6.47. The van der Waals surface area contributed by atoms with E-state index in [2.05, 4.69) is 29.2 Å². The quantitative estimate of drug-likeness (QED) is 0.297. The molecule has 0 bridgehead atoms. The van der Waals surface area contributed by atoms with Crippen LogP contribution in [-0.4, -0.2) is 69.9 Å². The van der Waals surface area contributed by atoms with Gasteiger partial charge in [0.1, 0.15) is 5.75 Å². The molecule has 3 aliphatic rings. The Morgan fingerprint density at radius 3 is 2.18 bits per heavy atom. The van der Waals surface area contributed by atoms with Crippen molar-refractivity contribution in [3.05, 3.63) is 88.9 Å². The van der Waals surface area contributed by atoms with Crippen molar-refractivity contribution in [1.29, 1.82) is 0 Å². The number of piperazine rings is 1. The van der Waals surface area contributed by atoms with Crippen LogP contribution >= 0.6 is 11.6 Å². The molecule has 0 N–H and O–H groups in total. The molecule has 1 saturated carbocycles. The van der Waals surface area contributed by atoms with Gasteiger partial charge >= 0.3 is 0 Å². The Kier molecular flexibility index (Phi) is 9.22. The van der Waals surface area contributed by atoms with Gasteiger partial charge in [-0.05, 0) is 79.5 Å². The van der Waals surface area contributed by atoms with E-state index in [1.807, 2.05) is 35.2 Å². The molecule has 1 amide bonds. The highest BCUT2D eigenvalue weighted by Gasteiger charge is 2.45. The van der Waals surface area contributed by atoms with Gasteiger partial charge < -0.3 is 14.5 Å². The number of benzene rings is 3. The zero-order chi connectivity index (χ0) is 30.7. The Labute approximate surface area is 266 Å². The lowest BCUT2D eigenvalue weighted by atomic mass is 9.77. The van der Waals surface area contributed by atoms with Crippen molar-refractivity contribution in [2.45, 2.75) is 55.3 Å². The Morgan fingerprint density at radius 2 is 1.55 bits per heavy atom. The number of hydrogen-bond acceptors (Lipinski definition) is 5. The summed E-state index contributed by atoms with van der Waals surface area (Å²) in [4.78, 5) is 18.5. The minimum atomic E-state index is -3.64. The van der Waals surface area contributed by atoms with Gasteiger partial charge in [0.05, 0.1) is 23.1 Å². The molecule has 0 spiro atoms. The van der Waals surface area contributed by atoms with Crippen LogP contribution in [0.5, 0.6) is 5.75 Å². The van der Waals surface area contributed by atoms with Gasteiger partial charge in [0.2, 0.25) is 15.9 Å². The van der Waals surface area contributed by atoms with E-state index >= 15 is 0 Å². The molecule has 6 rings (SSSR count). The summed E-state index contributed by atoms with van der Waals surface area (Å²) in [7, 11) is -2.03. The smallest absolute Gasteiger partial charge is 0.243 e. The lowest BCUT2D eigenvalue weighted by molar-refractivity contribution is -0.137. The predicted octanol–water partition coefficient (Wildman–Crippen LogP) is 6.15. The number of carbonyl (C=O) groups is 1. The molecule has 2 heterocycles. The van der Waals surface area contributed by atoms with Crippen LogP contribution in [-0.2, 0) is 26.7 Å². The van der Waals surface area contributed by atoms with Crippen LogP contribution in [0, 0.1) is 5.92 Å². The van der Waals surface area contributed by atoms with Crippen LogP contribution in [0.2, 0.25) is 5.02 Å². The van der Waals surface area contributed by atoms with Crippen molar-refractivity contribution >= 4 is 33.2 Å². The minimum absolute atomic E-state index is 0.191. The highest BCUT2D eigenvalue weighted by atomic mass is 35.5. The second-order valence-electron chi connectivity index (χ2n) is 12.4. The van der Waals surface area contributed by atoms with Crippen molar-refractivity contribution in [3.8, 4) is 5.75 Å². The molecule has 9 heteroatoms. The molecular formula is C35H42ClN3O4S. The van der Waals surface area contributed by atoms with Crippen LogP contribution < -0.4 is 9.64 Å². The largest absolute Gasteiger partial charge is 0.495 e. The van der Waals surface area contributed by atoms with Crippen LogP contribution in [0.15, 0.2) is 77.7 Å². The number of halogens is 1. The average Bonchev–Trinajstić information content (AvgIpc) is 3.56. The third kappa shape index (κ3) is 6.22. The molecular weight excluding hydrogens is 594 g/mol. The summed E-state index contributed by atoms with van der Waals surface area (Å²) in [6, 6.07) is 23.4. The molecule has 0 unspecified atom stereocenters. The van der Waals surface area contributed by atoms with Gasteiger partial charge in [0.15, 0.2) is 0 Å². The maximum Gasteiger partial charge on any atom is 0.243 e. The zero-order valence-corrected chi connectivity index (χ0v) is 27.0. The van der Waals surface area contributed by atoms with E-state index in [0.29, 0.717) is 60.9 Å². The summed E-state index contributed by atoms with van der Waals surface area (Å²) in [5.74, 6) is 1.31. The van der Waals surface area contributed by atoms with E-state index in [-0.39, 0.29) is 5.91 Å². The number of methoxy groups -OCH3 is 1. The van der Waals surface area contributed by atoms with Crippen molar-refractivity contribution in [1.82, 2.24) is 9.21 Å². The Balaban J connectivity index is 1.13. The molecule has 0 radical (unpaired) electrons. The normalized spacial score (nSPS) is 19.7. The zero-order valence-electron chi connectivity index (χ0n) is 25.5. The van der Waals surface area contributed by atoms with Crippen molar-refractivity contribution in [2.75, 3.05) is 51.3 Å². The molecule has 2 aliphatic heterocycles. The second-order valence-corrected chi connectivity index (χ2v) is 14.8. The van der Waals surface area contributed by atoms with Gasteiger partial charge in [-0.3, -0.25) is 4.79 Å². The molecule has 234 valence electrons. The molecule has 1 aliphatic carbocycles. The lowest BCUT2D eigenvalue weighted by Gasteiger charge is -2.41. The summed E-state index contributed by atoms with van der Waals surface area (Å²) in [6.45, 7) is 3.40. The van der Waals surface area contributed by atoms with Crippen molar-refractivity contribution in [3.63, 3.8) is 0 Å². The maximum atomic E-state index is 14.0. The first-order valence-corrected chi connectivity index (χ1v) is 17.6. The van der Waals surface area contributed by atoms with Crippen LogP contribution in [0.4, 0.5) is 5.69 Å². The van der Waals surface area contributed by atoms with E-state index in [1.54, 1.807) is 29.6 Å². The first-order valence-electron chi connectivity index (χ1n) is 15.8. The standard InChI is InChI=1S/C35H42ClN3O4S/c1-43-33-14-13-31(44(41,42)39-19-15-28(16-20-39)25-27-7-3-2-4-8-27)26-32(33)37-21-23-38(24-22-37)34(40)35(17-5-6-18-35)29-9-11-30(36)12-10-29/h2-4,7-14,26,28H,5-6,15-25H2,1H3. The topological polar surface area (TPSA) is 70.2 Å². The number of carbonyl (C=O) groups excluding carboxylic acids is 1. The first kappa shape index (κ1) is 30.9. The SMILES string of the molecule is COc1ccc(S(=O)(=O)N2CCC(Cc3ccccc3)CC2)cc1N1CCN(C(=O)C2(c3ccc(Cl)cc3)CCCC2)CC1. The number of hydrogen-bond donors (Lipinski definition) is 0. The number of rotatable bonds is 8. The molecule has 3 aromatic rings. The third-order valence-electron chi connectivity index (χ3n) is 9.90.